The molecular formula is C19H24Cl2N4O5. The van der Waals surface area contributed by atoms with Crippen molar-refractivity contribution in [3.63, 3.8) is 0 Å². The van der Waals surface area contributed by atoms with Crippen molar-refractivity contribution < 1.29 is 24.3 Å². The molecule has 0 aromatic heterocycles. The standard InChI is InChI=1S/C19H24Cl2N4O5/c1-10(2)17(18(29)30)23-14(26)7-4-8-15(27)24-19(22)25-16(28)9-11-12(20)5-3-6-13(11)21/h3,5-6,10,17H,4,7-9H2,1-2H3,(H,23,26)(H,29,30)(H3,22,24,25,27,28)/t17-/m0/s1. The van der Waals surface area contributed by atoms with Crippen molar-refractivity contribution in [3.05, 3.63) is 33.8 Å². The molecule has 0 aliphatic rings. The summed E-state index contributed by atoms with van der Waals surface area (Å²) in [4.78, 5) is 46.7. The summed E-state index contributed by atoms with van der Waals surface area (Å²) in [5.74, 6) is -3.55. The fourth-order valence-electron chi connectivity index (χ4n) is 2.45. The highest BCUT2D eigenvalue weighted by Gasteiger charge is 2.23. The van der Waals surface area contributed by atoms with E-state index < -0.39 is 35.7 Å². The zero-order chi connectivity index (χ0) is 22.8. The minimum atomic E-state index is -1.13. The fraction of sp³-hybridized carbons (Fsp3) is 0.421. The van der Waals surface area contributed by atoms with Gasteiger partial charge in [0.15, 0.2) is 0 Å². The highest BCUT2D eigenvalue weighted by atomic mass is 35.5. The van der Waals surface area contributed by atoms with Gasteiger partial charge in [0.05, 0.1) is 6.42 Å². The Morgan fingerprint density at radius 3 is 2.07 bits per heavy atom. The van der Waals surface area contributed by atoms with Gasteiger partial charge in [0, 0.05) is 22.9 Å². The number of carboxylic acids is 1. The molecule has 0 radical (unpaired) electrons. The molecule has 0 saturated heterocycles. The van der Waals surface area contributed by atoms with Crippen molar-refractivity contribution in [2.24, 2.45) is 5.92 Å². The zero-order valence-corrected chi connectivity index (χ0v) is 18.1. The molecular weight excluding hydrogens is 435 g/mol. The molecule has 1 rings (SSSR count). The predicted molar refractivity (Wildman–Crippen MR) is 112 cm³/mol. The average molecular weight is 459 g/mol. The first-order valence-electron chi connectivity index (χ1n) is 9.14. The van der Waals surface area contributed by atoms with Gasteiger partial charge in [-0.15, -0.1) is 0 Å². The normalized spacial score (nSPS) is 11.5. The smallest absolute Gasteiger partial charge is 0.326 e. The molecule has 0 saturated carbocycles. The van der Waals surface area contributed by atoms with Gasteiger partial charge in [-0.3, -0.25) is 30.4 Å². The SMILES string of the molecule is CC(C)[C@H](NC(=O)CCCC(=O)NC(=N)NC(=O)Cc1c(Cl)cccc1Cl)C(=O)O. The maximum absolute atomic E-state index is 12.0. The van der Waals surface area contributed by atoms with Crippen molar-refractivity contribution in [3.8, 4) is 0 Å². The van der Waals surface area contributed by atoms with Crippen LogP contribution >= 0.6 is 23.2 Å². The number of carbonyl (C=O) groups is 4. The Labute approximate surface area is 184 Å². The topological polar surface area (TPSA) is 148 Å². The monoisotopic (exact) mass is 458 g/mol. The summed E-state index contributed by atoms with van der Waals surface area (Å²) in [7, 11) is 0. The summed E-state index contributed by atoms with van der Waals surface area (Å²) in [6.07, 6.45) is -0.147. The Morgan fingerprint density at radius 2 is 1.53 bits per heavy atom. The molecule has 1 aromatic rings. The number of carbonyl (C=O) groups excluding carboxylic acids is 3. The Hall–Kier alpha value is -2.65. The van der Waals surface area contributed by atoms with Gasteiger partial charge in [-0.25, -0.2) is 4.79 Å². The predicted octanol–water partition coefficient (Wildman–Crippen LogP) is 2.10. The quantitative estimate of drug-likeness (QED) is 0.283. The lowest BCUT2D eigenvalue weighted by Crippen LogP contribution is -2.44. The summed E-state index contributed by atoms with van der Waals surface area (Å²) in [5, 5.41) is 24.1. The third kappa shape index (κ3) is 8.79. The molecule has 1 aromatic carbocycles. The Balaban J connectivity index is 2.37. The molecule has 0 aliphatic carbocycles. The summed E-state index contributed by atoms with van der Waals surface area (Å²) < 4.78 is 0. The fourth-order valence-corrected chi connectivity index (χ4v) is 2.98. The maximum Gasteiger partial charge on any atom is 0.326 e. The Morgan fingerprint density at radius 1 is 1.00 bits per heavy atom. The molecule has 164 valence electrons. The molecule has 0 unspecified atom stereocenters. The summed E-state index contributed by atoms with van der Waals surface area (Å²) in [6.45, 7) is 3.35. The van der Waals surface area contributed by atoms with E-state index in [0.717, 1.165) is 0 Å². The minimum Gasteiger partial charge on any atom is -0.480 e. The summed E-state index contributed by atoms with van der Waals surface area (Å²) in [6, 6.07) is 3.80. The average Bonchev–Trinajstić information content (AvgIpc) is 2.62. The molecule has 3 amide bonds. The van der Waals surface area contributed by atoms with Crippen LogP contribution in [-0.4, -0.2) is 40.8 Å². The summed E-state index contributed by atoms with van der Waals surface area (Å²) in [5.41, 5.74) is 0.407. The Bertz CT molecular complexity index is 809. The van der Waals surface area contributed by atoms with Crippen LogP contribution < -0.4 is 16.0 Å². The van der Waals surface area contributed by atoms with E-state index in [1.807, 2.05) is 0 Å². The number of carboxylic acid groups (broad SMARTS) is 1. The van der Waals surface area contributed by atoms with E-state index in [1.165, 1.54) is 0 Å². The van der Waals surface area contributed by atoms with Crippen LogP contribution in [0.4, 0.5) is 0 Å². The molecule has 0 spiro atoms. The molecule has 5 N–H and O–H groups in total. The number of halogens is 2. The first-order valence-corrected chi connectivity index (χ1v) is 9.90. The highest BCUT2D eigenvalue weighted by Crippen LogP contribution is 2.24. The van der Waals surface area contributed by atoms with E-state index in [2.05, 4.69) is 16.0 Å². The first-order chi connectivity index (χ1) is 14.0. The lowest BCUT2D eigenvalue weighted by Gasteiger charge is -2.17. The highest BCUT2D eigenvalue weighted by molar-refractivity contribution is 6.36. The van der Waals surface area contributed by atoms with Crippen molar-refractivity contribution >= 4 is 52.9 Å². The number of rotatable bonds is 9. The number of guanidine groups is 1. The number of nitrogens with one attached hydrogen (secondary N) is 4. The van der Waals surface area contributed by atoms with Crippen molar-refractivity contribution in [2.45, 2.75) is 45.6 Å². The maximum atomic E-state index is 12.0. The van der Waals surface area contributed by atoms with Gasteiger partial charge < -0.3 is 10.4 Å². The minimum absolute atomic E-state index is 0.0470. The first kappa shape index (κ1) is 25.4. The number of aliphatic carboxylic acids is 1. The number of amides is 3. The lowest BCUT2D eigenvalue weighted by atomic mass is 10.0. The van der Waals surface area contributed by atoms with Crippen LogP contribution in [0.3, 0.4) is 0 Å². The van der Waals surface area contributed by atoms with Gasteiger partial charge in [-0.2, -0.15) is 0 Å². The number of hydrogen-bond donors (Lipinski definition) is 5. The third-order valence-corrected chi connectivity index (χ3v) is 4.69. The largest absolute Gasteiger partial charge is 0.480 e. The third-order valence-electron chi connectivity index (χ3n) is 3.98. The van der Waals surface area contributed by atoms with Gasteiger partial charge in [0.25, 0.3) is 0 Å². The van der Waals surface area contributed by atoms with Crippen LogP contribution in [0.5, 0.6) is 0 Å². The second kappa shape index (κ2) is 12.1. The molecule has 0 bridgehead atoms. The molecule has 1 atom stereocenters. The van der Waals surface area contributed by atoms with Crippen LogP contribution in [0.15, 0.2) is 18.2 Å². The van der Waals surface area contributed by atoms with Crippen LogP contribution in [-0.2, 0) is 25.6 Å². The van der Waals surface area contributed by atoms with E-state index >= 15 is 0 Å². The van der Waals surface area contributed by atoms with Crippen LogP contribution in [0.1, 0.15) is 38.7 Å². The molecule has 0 fully saturated rings. The van der Waals surface area contributed by atoms with E-state index in [0.29, 0.717) is 15.6 Å². The van der Waals surface area contributed by atoms with Gasteiger partial charge in [0.2, 0.25) is 23.7 Å². The zero-order valence-electron chi connectivity index (χ0n) is 16.6. The Kier molecular flexibility index (Phi) is 10.3. The number of hydrogen-bond acceptors (Lipinski definition) is 5. The molecule has 0 aliphatic heterocycles. The second-order valence-electron chi connectivity index (χ2n) is 6.83. The van der Waals surface area contributed by atoms with Crippen LogP contribution in [0.25, 0.3) is 0 Å². The van der Waals surface area contributed by atoms with Crippen molar-refractivity contribution in [1.82, 2.24) is 16.0 Å². The summed E-state index contributed by atoms with van der Waals surface area (Å²) >= 11 is 12.0. The molecule has 0 heterocycles. The van der Waals surface area contributed by atoms with Gasteiger partial charge in [-0.05, 0) is 30.0 Å². The van der Waals surface area contributed by atoms with Crippen LogP contribution in [0, 0.1) is 11.3 Å². The van der Waals surface area contributed by atoms with Crippen molar-refractivity contribution in [2.75, 3.05) is 0 Å². The van der Waals surface area contributed by atoms with E-state index in [4.69, 9.17) is 33.7 Å². The van der Waals surface area contributed by atoms with E-state index in [1.54, 1.807) is 32.0 Å². The van der Waals surface area contributed by atoms with Crippen molar-refractivity contribution in [1.29, 1.82) is 5.41 Å². The van der Waals surface area contributed by atoms with Gasteiger partial charge in [0.1, 0.15) is 6.04 Å². The van der Waals surface area contributed by atoms with Crippen LogP contribution in [0.2, 0.25) is 10.0 Å². The number of benzene rings is 1. The molecule has 30 heavy (non-hydrogen) atoms. The lowest BCUT2D eigenvalue weighted by molar-refractivity contribution is -0.143. The molecule has 9 nitrogen and oxygen atoms in total. The van der Waals surface area contributed by atoms with Gasteiger partial charge in [-0.1, -0.05) is 43.1 Å². The second-order valence-corrected chi connectivity index (χ2v) is 7.64. The molecule has 11 heteroatoms. The van der Waals surface area contributed by atoms with Gasteiger partial charge >= 0.3 is 5.97 Å². The van der Waals surface area contributed by atoms with E-state index in [9.17, 15) is 19.2 Å². The van der Waals surface area contributed by atoms with E-state index in [-0.39, 0.29) is 31.6 Å².